The zero-order chi connectivity index (χ0) is 9.52. The van der Waals surface area contributed by atoms with Gasteiger partial charge in [0.1, 0.15) is 11.8 Å². The highest BCUT2D eigenvalue weighted by molar-refractivity contribution is 5.29. The summed E-state index contributed by atoms with van der Waals surface area (Å²) < 4.78 is 0. The van der Waals surface area contributed by atoms with Gasteiger partial charge in [0, 0.05) is 18.3 Å². The zero-order valence-corrected chi connectivity index (χ0v) is 7.45. The molecule has 0 saturated heterocycles. The third-order valence-electron chi connectivity index (χ3n) is 1.51. The molecule has 68 valence electrons. The lowest BCUT2D eigenvalue weighted by Crippen LogP contribution is -2.14. The van der Waals surface area contributed by atoms with E-state index >= 15 is 0 Å². The van der Waals surface area contributed by atoms with Gasteiger partial charge >= 0.3 is 0 Å². The van der Waals surface area contributed by atoms with Crippen molar-refractivity contribution in [2.24, 2.45) is 0 Å². The average molecular weight is 177 g/mol. The van der Waals surface area contributed by atoms with Gasteiger partial charge in [-0.1, -0.05) is 6.07 Å². The van der Waals surface area contributed by atoms with Crippen molar-refractivity contribution in [3.05, 3.63) is 29.6 Å². The fourth-order valence-corrected chi connectivity index (χ4v) is 0.913. The number of nitrogens with zero attached hydrogens (tertiary/aromatic N) is 2. The Balaban J connectivity index is 2.60. The molecule has 4 heteroatoms. The molecule has 0 aliphatic carbocycles. The average Bonchev–Trinajstić information content (AvgIpc) is 2.19. The number of hydrogen-bond acceptors (Lipinski definition) is 4. The number of pyridine rings is 1. The molecular weight excluding hydrogens is 166 g/mol. The van der Waals surface area contributed by atoms with Crippen molar-refractivity contribution in [3.8, 4) is 6.07 Å². The highest BCUT2D eigenvalue weighted by Gasteiger charge is 2.00. The Labute approximate surface area is 77.1 Å². The van der Waals surface area contributed by atoms with Crippen LogP contribution in [0.5, 0.6) is 0 Å². The predicted octanol–water partition coefficient (Wildman–Crippen LogP) is 0.994. The summed E-state index contributed by atoms with van der Waals surface area (Å²) in [4.78, 5) is 8.87. The van der Waals surface area contributed by atoms with Crippen molar-refractivity contribution in [1.29, 1.82) is 5.26 Å². The second-order valence-corrected chi connectivity index (χ2v) is 2.38. The molecule has 4 nitrogen and oxygen atoms in total. The lowest BCUT2D eigenvalue weighted by molar-refractivity contribution is 0.0462. The molecule has 1 N–H and O–H groups in total. The van der Waals surface area contributed by atoms with Crippen LogP contribution < -0.4 is 5.48 Å². The molecule has 1 heterocycles. The fourth-order valence-electron chi connectivity index (χ4n) is 0.913. The second-order valence-electron chi connectivity index (χ2n) is 2.38. The summed E-state index contributed by atoms with van der Waals surface area (Å²) in [5.74, 6) is 0. The first-order chi connectivity index (χ1) is 6.38. The van der Waals surface area contributed by atoms with E-state index in [1.807, 2.05) is 19.1 Å². The monoisotopic (exact) mass is 177 g/mol. The van der Waals surface area contributed by atoms with Gasteiger partial charge in [-0.2, -0.15) is 10.7 Å². The van der Waals surface area contributed by atoms with E-state index < -0.39 is 0 Å². The van der Waals surface area contributed by atoms with E-state index in [1.54, 1.807) is 12.3 Å². The molecule has 0 bridgehead atoms. The van der Waals surface area contributed by atoms with Crippen LogP contribution >= 0.6 is 0 Å². The SMILES string of the molecule is CCONCc1cccnc1C#N. The maximum absolute atomic E-state index is 8.69. The Morgan fingerprint density at radius 2 is 2.54 bits per heavy atom. The largest absolute Gasteiger partial charge is 0.302 e. The molecule has 0 amide bonds. The van der Waals surface area contributed by atoms with E-state index in [2.05, 4.69) is 10.5 Å². The minimum absolute atomic E-state index is 0.440. The number of aromatic nitrogens is 1. The normalized spacial score (nSPS) is 9.54. The van der Waals surface area contributed by atoms with Crippen LogP contribution in [0, 0.1) is 11.3 Å². The summed E-state index contributed by atoms with van der Waals surface area (Å²) >= 11 is 0. The van der Waals surface area contributed by atoms with Crippen LogP contribution in [0.1, 0.15) is 18.2 Å². The van der Waals surface area contributed by atoms with Crippen molar-refractivity contribution in [1.82, 2.24) is 10.5 Å². The van der Waals surface area contributed by atoms with Gasteiger partial charge in [0.15, 0.2) is 0 Å². The van der Waals surface area contributed by atoms with Gasteiger partial charge in [-0.15, -0.1) is 0 Å². The van der Waals surface area contributed by atoms with E-state index in [1.165, 1.54) is 0 Å². The quantitative estimate of drug-likeness (QED) is 0.550. The van der Waals surface area contributed by atoms with Crippen molar-refractivity contribution in [2.75, 3.05) is 6.61 Å². The Morgan fingerprint density at radius 1 is 1.69 bits per heavy atom. The minimum atomic E-state index is 0.440. The first-order valence-electron chi connectivity index (χ1n) is 4.07. The molecule has 0 spiro atoms. The number of nitrogens with one attached hydrogen (secondary N) is 1. The van der Waals surface area contributed by atoms with Crippen LogP contribution in [0.25, 0.3) is 0 Å². The Kier molecular flexibility index (Phi) is 3.89. The molecule has 1 rings (SSSR count). The number of hydroxylamine groups is 1. The molecule has 0 aliphatic heterocycles. The van der Waals surface area contributed by atoms with Crippen LogP contribution in [0.4, 0.5) is 0 Å². The minimum Gasteiger partial charge on any atom is -0.302 e. The molecule has 0 radical (unpaired) electrons. The standard InChI is InChI=1S/C9H11N3O/c1-2-13-12-7-8-4-3-5-11-9(8)6-10/h3-5,12H,2,7H2,1H3. The Hall–Kier alpha value is -1.44. The first kappa shape index (κ1) is 9.65. The molecule has 0 aliphatic rings. The maximum Gasteiger partial charge on any atom is 0.144 e. The van der Waals surface area contributed by atoms with Gasteiger partial charge in [0.25, 0.3) is 0 Å². The molecule has 1 aromatic heterocycles. The van der Waals surface area contributed by atoms with Gasteiger partial charge in [-0.3, -0.25) is 0 Å². The lowest BCUT2D eigenvalue weighted by atomic mass is 10.2. The number of rotatable bonds is 4. The van der Waals surface area contributed by atoms with Crippen molar-refractivity contribution >= 4 is 0 Å². The number of nitriles is 1. The molecule has 0 aromatic carbocycles. The summed E-state index contributed by atoms with van der Waals surface area (Å²) in [6, 6.07) is 5.66. The van der Waals surface area contributed by atoms with Gasteiger partial charge < -0.3 is 4.84 Å². The molecule has 0 unspecified atom stereocenters. The van der Waals surface area contributed by atoms with Gasteiger partial charge in [-0.25, -0.2) is 4.98 Å². The van der Waals surface area contributed by atoms with Gasteiger partial charge in [0.05, 0.1) is 6.61 Å². The molecule has 0 saturated carbocycles. The van der Waals surface area contributed by atoms with Crippen molar-refractivity contribution in [3.63, 3.8) is 0 Å². The van der Waals surface area contributed by atoms with E-state index in [4.69, 9.17) is 10.1 Å². The molecular formula is C9H11N3O. The molecule has 1 aromatic rings. The summed E-state index contributed by atoms with van der Waals surface area (Å²) in [6.07, 6.45) is 1.60. The number of hydrogen-bond donors (Lipinski definition) is 1. The summed E-state index contributed by atoms with van der Waals surface area (Å²) in [6.45, 7) is 2.99. The second kappa shape index (κ2) is 5.25. The van der Waals surface area contributed by atoms with Crippen molar-refractivity contribution in [2.45, 2.75) is 13.5 Å². The summed E-state index contributed by atoms with van der Waals surface area (Å²) in [7, 11) is 0. The van der Waals surface area contributed by atoms with Crippen LogP contribution in [-0.4, -0.2) is 11.6 Å². The fraction of sp³-hybridized carbons (Fsp3) is 0.333. The van der Waals surface area contributed by atoms with E-state index in [0.29, 0.717) is 18.8 Å². The molecule has 13 heavy (non-hydrogen) atoms. The topological polar surface area (TPSA) is 57.9 Å². The summed E-state index contributed by atoms with van der Waals surface area (Å²) in [5.41, 5.74) is 4.02. The molecule has 0 fully saturated rings. The smallest absolute Gasteiger partial charge is 0.144 e. The molecule has 0 atom stereocenters. The van der Waals surface area contributed by atoms with Gasteiger partial charge in [-0.05, 0) is 13.0 Å². The highest BCUT2D eigenvalue weighted by Crippen LogP contribution is 2.02. The third-order valence-corrected chi connectivity index (χ3v) is 1.51. The Bertz CT molecular complexity index is 306. The van der Waals surface area contributed by atoms with Crippen LogP contribution in [-0.2, 0) is 11.4 Å². The van der Waals surface area contributed by atoms with Crippen molar-refractivity contribution < 1.29 is 4.84 Å². The zero-order valence-electron chi connectivity index (χ0n) is 7.45. The van der Waals surface area contributed by atoms with E-state index in [0.717, 1.165) is 5.56 Å². The maximum atomic E-state index is 8.69. The van der Waals surface area contributed by atoms with Crippen LogP contribution in [0.3, 0.4) is 0 Å². The Morgan fingerprint density at radius 3 is 3.23 bits per heavy atom. The van der Waals surface area contributed by atoms with E-state index in [9.17, 15) is 0 Å². The predicted molar refractivity (Wildman–Crippen MR) is 47.4 cm³/mol. The van der Waals surface area contributed by atoms with Crippen LogP contribution in [0.15, 0.2) is 18.3 Å². The van der Waals surface area contributed by atoms with Gasteiger partial charge in [0.2, 0.25) is 0 Å². The lowest BCUT2D eigenvalue weighted by Gasteiger charge is -2.03. The first-order valence-corrected chi connectivity index (χ1v) is 4.07. The van der Waals surface area contributed by atoms with E-state index in [-0.39, 0.29) is 0 Å². The summed E-state index contributed by atoms with van der Waals surface area (Å²) in [5, 5.41) is 8.69. The van der Waals surface area contributed by atoms with Crippen LogP contribution in [0.2, 0.25) is 0 Å². The third kappa shape index (κ3) is 2.82. The highest BCUT2D eigenvalue weighted by atomic mass is 16.6.